The number of hydrogen-bond donors (Lipinski definition) is 2. The number of thiazole rings is 1. The van der Waals surface area contributed by atoms with Crippen molar-refractivity contribution in [2.24, 2.45) is 0 Å². The Labute approximate surface area is 73.0 Å². The summed E-state index contributed by atoms with van der Waals surface area (Å²) in [4.78, 5) is 13.7. The first-order chi connectivity index (χ1) is 5.79. The van der Waals surface area contributed by atoms with E-state index in [-0.39, 0.29) is 4.87 Å². The first-order valence-electron chi connectivity index (χ1n) is 3.60. The van der Waals surface area contributed by atoms with Crippen LogP contribution in [0.5, 0.6) is 0 Å². The number of H-pyrrole nitrogens is 1. The average Bonchev–Trinajstić information content (AvgIpc) is 2.43. The normalized spacial score (nSPS) is 10.4. The molecule has 0 amide bonds. The van der Waals surface area contributed by atoms with Crippen LogP contribution in [0.3, 0.4) is 0 Å². The van der Waals surface area contributed by atoms with Crippen molar-refractivity contribution in [1.29, 1.82) is 0 Å². The van der Waals surface area contributed by atoms with Gasteiger partial charge in [-0.3, -0.25) is 4.79 Å². The van der Waals surface area contributed by atoms with Gasteiger partial charge in [0.05, 0.1) is 10.2 Å². The lowest BCUT2D eigenvalue weighted by Crippen LogP contribution is -1.89. The Bertz CT molecular complexity index is 457. The molecule has 1 heterocycles. The SMILES string of the molecule is CNc1ccc2[nH]c(=O)sc2c1. The molecule has 2 N–H and O–H groups in total. The molecule has 1 aromatic carbocycles. The second-order valence-electron chi connectivity index (χ2n) is 2.48. The van der Waals surface area contributed by atoms with E-state index in [1.165, 1.54) is 11.3 Å². The molecule has 3 nitrogen and oxygen atoms in total. The molecule has 0 radical (unpaired) electrons. The zero-order valence-electron chi connectivity index (χ0n) is 6.55. The predicted octanol–water partition coefficient (Wildman–Crippen LogP) is 1.63. The molecular formula is C8H8N2OS. The van der Waals surface area contributed by atoms with Crippen LogP contribution in [0.2, 0.25) is 0 Å². The van der Waals surface area contributed by atoms with Crippen molar-refractivity contribution in [2.45, 2.75) is 0 Å². The van der Waals surface area contributed by atoms with Crippen molar-refractivity contribution < 1.29 is 0 Å². The molecule has 0 bridgehead atoms. The molecule has 0 atom stereocenters. The van der Waals surface area contributed by atoms with Gasteiger partial charge < -0.3 is 10.3 Å². The largest absolute Gasteiger partial charge is 0.388 e. The van der Waals surface area contributed by atoms with Crippen LogP contribution in [0.15, 0.2) is 23.0 Å². The summed E-state index contributed by atoms with van der Waals surface area (Å²) in [7, 11) is 1.86. The number of nitrogens with one attached hydrogen (secondary N) is 2. The van der Waals surface area contributed by atoms with Gasteiger partial charge in [0.1, 0.15) is 0 Å². The van der Waals surface area contributed by atoms with Crippen molar-refractivity contribution >= 4 is 27.2 Å². The van der Waals surface area contributed by atoms with Gasteiger partial charge in [-0.25, -0.2) is 0 Å². The van der Waals surface area contributed by atoms with Gasteiger partial charge in [-0.15, -0.1) is 0 Å². The lowest BCUT2D eigenvalue weighted by Gasteiger charge is -1.96. The first-order valence-corrected chi connectivity index (χ1v) is 4.42. The maximum Gasteiger partial charge on any atom is 0.305 e. The van der Waals surface area contributed by atoms with E-state index in [9.17, 15) is 4.79 Å². The van der Waals surface area contributed by atoms with Crippen LogP contribution in [-0.4, -0.2) is 12.0 Å². The monoisotopic (exact) mass is 180 g/mol. The fourth-order valence-corrected chi connectivity index (χ4v) is 1.88. The number of aromatic amines is 1. The lowest BCUT2D eigenvalue weighted by molar-refractivity contribution is 1.40. The number of anilines is 1. The fraction of sp³-hybridized carbons (Fsp3) is 0.125. The second-order valence-corrected chi connectivity index (χ2v) is 3.49. The number of fused-ring (bicyclic) bond motifs is 1. The maximum absolute atomic E-state index is 10.9. The highest BCUT2D eigenvalue weighted by molar-refractivity contribution is 7.16. The van der Waals surface area contributed by atoms with Crippen LogP contribution in [0.25, 0.3) is 10.2 Å². The van der Waals surface area contributed by atoms with Crippen LogP contribution >= 0.6 is 11.3 Å². The van der Waals surface area contributed by atoms with E-state index in [1.807, 2.05) is 25.2 Å². The van der Waals surface area contributed by atoms with Crippen LogP contribution in [0.4, 0.5) is 5.69 Å². The molecule has 0 unspecified atom stereocenters. The molecule has 4 heteroatoms. The van der Waals surface area contributed by atoms with Gasteiger partial charge in [-0.2, -0.15) is 0 Å². The molecule has 1 aromatic heterocycles. The summed E-state index contributed by atoms with van der Waals surface area (Å²) in [6.07, 6.45) is 0. The third kappa shape index (κ3) is 1.10. The highest BCUT2D eigenvalue weighted by Gasteiger charge is 1.98. The van der Waals surface area contributed by atoms with E-state index in [0.717, 1.165) is 15.9 Å². The molecule has 0 spiro atoms. The summed E-state index contributed by atoms with van der Waals surface area (Å²) in [6.45, 7) is 0. The minimum Gasteiger partial charge on any atom is -0.388 e. The molecule has 62 valence electrons. The number of rotatable bonds is 1. The van der Waals surface area contributed by atoms with Crippen molar-refractivity contribution in [3.63, 3.8) is 0 Å². The minimum absolute atomic E-state index is 0.00162. The minimum atomic E-state index is -0.00162. The Hall–Kier alpha value is -1.29. The van der Waals surface area contributed by atoms with Crippen LogP contribution in [-0.2, 0) is 0 Å². The van der Waals surface area contributed by atoms with E-state index < -0.39 is 0 Å². The molecule has 0 saturated heterocycles. The molecule has 0 fully saturated rings. The number of benzene rings is 1. The van der Waals surface area contributed by atoms with Gasteiger partial charge >= 0.3 is 4.87 Å². The summed E-state index contributed by atoms with van der Waals surface area (Å²) < 4.78 is 0.992. The Balaban J connectivity index is 2.74. The van der Waals surface area contributed by atoms with Crippen LogP contribution in [0.1, 0.15) is 0 Å². The van der Waals surface area contributed by atoms with E-state index >= 15 is 0 Å². The van der Waals surface area contributed by atoms with Crippen molar-refractivity contribution in [3.8, 4) is 0 Å². The maximum atomic E-state index is 10.9. The van der Waals surface area contributed by atoms with E-state index in [2.05, 4.69) is 10.3 Å². The quantitative estimate of drug-likeness (QED) is 0.700. The summed E-state index contributed by atoms with van der Waals surface area (Å²) in [5, 5.41) is 3.02. The standard InChI is InChI=1S/C8H8N2OS/c1-9-5-2-3-6-7(4-5)12-8(11)10-6/h2-4,9H,1H3,(H,10,11). The smallest absolute Gasteiger partial charge is 0.305 e. The molecule has 0 aliphatic heterocycles. The lowest BCUT2D eigenvalue weighted by atomic mass is 10.3. The Kier molecular flexibility index (Phi) is 1.62. The Morgan fingerprint density at radius 2 is 2.33 bits per heavy atom. The Morgan fingerprint density at radius 1 is 1.50 bits per heavy atom. The zero-order chi connectivity index (χ0) is 8.55. The van der Waals surface area contributed by atoms with Crippen molar-refractivity contribution in [1.82, 2.24) is 4.98 Å². The van der Waals surface area contributed by atoms with Crippen LogP contribution < -0.4 is 10.2 Å². The van der Waals surface area contributed by atoms with Gasteiger partial charge in [0.15, 0.2) is 0 Å². The number of aromatic nitrogens is 1. The molecule has 0 aliphatic carbocycles. The number of hydrogen-bond acceptors (Lipinski definition) is 3. The summed E-state index contributed by atoms with van der Waals surface area (Å²) in [6, 6.07) is 5.79. The third-order valence-corrected chi connectivity index (χ3v) is 2.55. The predicted molar refractivity (Wildman–Crippen MR) is 52.0 cm³/mol. The summed E-state index contributed by atoms with van der Waals surface area (Å²) >= 11 is 1.23. The molecule has 12 heavy (non-hydrogen) atoms. The zero-order valence-corrected chi connectivity index (χ0v) is 7.37. The van der Waals surface area contributed by atoms with Gasteiger partial charge in [-0.05, 0) is 18.2 Å². The first kappa shape index (κ1) is 7.36. The van der Waals surface area contributed by atoms with Crippen molar-refractivity contribution in [3.05, 3.63) is 27.9 Å². The van der Waals surface area contributed by atoms with Gasteiger partial charge in [0, 0.05) is 12.7 Å². The molecule has 2 rings (SSSR count). The van der Waals surface area contributed by atoms with Crippen molar-refractivity contribution in [2.75, 3.05) is 12.4 Å². The molecule has 2 aromatic rings. The van der Waals surface area contributed by atoms with Gasteiger partial charge in [-0.1, -0.05) is 11.3 Å². The second kappa shape index (κ2) is 2.64. The highest BCUT2D eigenvalue weighted by Crippen LogP contribution is 2.18. The molecule has 0 aliphatic rings. The third-order valence-electron chi connectivity index (χ3n) is 1.71. The Morgan fingerprint density at radius 3 is 3.08 bits per heavy atom. The van der Waals surface area contributed by atoms with Crippen LogP contribution in [0, 0.1) is 0 Å². The molecule has 0 saturated carbocycles. The van der Waals surface area contributed by atoms with Gasteiger partial charge in [0.25, 0.3) is 0 Å². The fourth-order valence-electron chi connectivity index (χ4n) is 1.10. The summed E-state index contributed by atoms with van der Waals surface area (Å²) in [5.74, 6) is 0. The van der Waals surface area contributed by atoms with E-state index in [4.69, 9.17) is 0 Å². The van der Waals surface area contributed by atoms with E-state index in [1.54, 1.807) is 0 Å². The van der Waals surface area contributed by atoms with E-state index in [0.29, 0.717) is 0 Å². The molecular weight excluding hydrogens is 172 g/mol. The van der Waals surface area contributed by atoms with Gasteiger partial charge in [0.2, 0.25) is 0 Å². The topological polar surface area (TPSA) is 44.9 Å². The summed E-state index contributed by atoms with van der Waals surface area (Å²) in [5.41, 5.74) is 1.93. The average molecular weight is 180 g/mol. The highest BCUT2D eigenvalue weighted by atomic mass is 32.1.